The van der Waals surface area contributed by atoms with Crippen LogP contribution in [-0.2, 0) is 0 Å². The van der Waals surface area contributed by atoms with E-state index in [4.69, 9.17) is 33.7 Å². The Kier molecular flexibility index (Phi) is 4.55. The second kappa shape index (κ2) is 6.62. The Balaban J connectivity index is 1.94. The van der Waals surface area contributed by atoms with Gasteiger partial charge in [0.25, 0.3) is 5.88 Å². The second-order valence-electron chi connectivity index (χ2n) is 4.95. The van der Waals surface area contributed by atoms with Gasteiger partial charge < -0.3 is 10.5 Å². The highest BCUT2D eigenvalue weighted by atomic mass is 35.5. The van der Waals surface area contributed by atoms with E-state index in [2.05, 4.69) is 20.2 Å². The molecule has 0 bridgehead atoms. The quantitative estimate of drug-likeness (QED) is 0.679. The van der Waals surface area contributed by atoms with Crippen LogP contribution in [0.25, 0.3) is 11.3 Å². The lowest BCUT2D eigenvalue weighted by Gasteiger charge is -2.18. The summed E-state index contributed by atoms with van der Waals surface area (Å²) >= 11 is 12.1. The first kappa shape index (κ1) is 16.5. The molecule has 1 atom stereocenters. The highest BCUT2D eigenvalue weighted by Gasteiger charge is 2.20. The zero-order valence-corrected chi connectivity index (χ0v) is 13.9. The molecule has 0 saturated carbocycles. The van der Waals surface area contributed by atoms with Crippen LogP contribution in [0.15, 0.2) is 30.7 Å². The molecule has 3 N–H and O–H groups in total. The number of nitrogens with two attached hydrogens (primary N) is 1. The lowest BCUT2D eigenvalue weighted by Crippen LogP contribution is -2.09. The summed E-state index contributed by atoms with van der Waals surface area (Å²) in [4.78, 5) is 8.37. The summed E-state index contributed by atoms with van der Waals surface area (Å²) < 4.78 is 19.4. The molecule has 0 unspecified atom stereocenters. The summed E-state index contributed by atoms with van der Waals surface area (Å²) in [5.41, 5.74) is 7.37. The molecule has 0 aliphatic rings. The lowest BCUT2D eigenvalue weighted by molar-refractivity contribution is 0.218. The summed E-state index contributed by atoms with van der Waals surface area (Å²) in [7, 11) is 0. The Morgan fingerprint density at radius 3 is 2.79 bits per heavy atom. The van der Waals surface area contributed by atoms with Gasteiger partial charge in [-0.3, -0.25) is 5.10 Å². The SMILES string of the molecule is C[C@@H](Oc1nc(-c2cn[nH]c2)cnc1N)c1c(Cl)ccc(F)c1Cl. The molecule has 0 aliphatic heterocycles. The van der Waals surface area contributed by atoms with Gasteiger partial charge in [0.1, 0.15) is 11.9 Å². The number of benzene rings is 1. The van der Waals surface area contributed by atoms with Crippen LogP contribution in [0.2, 0.25) is 10.0 Å². The van der Waals surface area contributed by atoms with Crippen molar-refractivity contribution in [3.63, 3.8) is 0 Å². The van der Waals surface area contributed by atoms with E-state index in [-0.39, 0.29) is 21.7 Å². The molecule has 0 saturated heterocycles. The number of ether oxygens (including phenoxy) is 1. The number of hydrogen-bond acceptors (Lipinski definition) is 5. The third kappa shape index (κ3) is 3.13. The number of nitrogen functional groups attached to an aromatic ring is 1. The normalized spacial score (nSPS) is 12.2. The second-order valence-corrected chi connectivity index (χ2v) is 5.73. The van der Waals surface area contributed by atoms with Gasteiger partial charge in [0.05, 0.1) is 23.1 Å². The van der Waals surface area contributed by atoms with E-state index in [1.54, 1.807) is 19.3 Å². The Morgan fingerprint density at radius 2 is 2.08 bits per heavy atom. The Morgan fingerprint density at radius 1 is 1.29 bits per heavy atom. The standard InChI is InChI=1S/C15H12Cl2FN5O/c1-7(12-9(16)2-3-10(18)13(12)17)24-15-14(19)20-6-11(23-15)8-4-21-22-5-8/h2-7H,1H3,(H2,19,20)(H,21,22)/t7-/m1/s1. The van der Waals surface area contributed by atoms with Gasteiger partial charge in [-0.15, -0.1) is 0 Å². The molecular weight excluding hydrogens is 356 g/mol. The molecule has 0 radical (unpaired) electrons. The summed E-state index contributed by atoms with van der Waals surface area (Å²) in [6.07, 6.45) is 4.07. The molecule has 124 valence electrons. The average Bonchev–Trinajstić information content (AvgIpc) is 3.08. The largest absolute Gasteiger partial charge is 0.467 e. The Hall–Kier alpha value is -2.38. The van der Waals surface area contributed by atoms with E-state index in [0.29, 0.717) is 11.3 Å². The summed E-state index contributed by atoms with van der Waals surface area (Å²) in [5.74, 6) is -0.395. The van der Waals surface area contributed by atoms with Crippen LogP contribution >= 0.6 is 23.2 Å². The molecule has 0 spiro atoms. The van der Waals surface area contributed by atoms with Gasteiger partial charge in [0.2, 0.25) is 0 Å². The molecule has 1 aromatic carbocycles. The molecule has 3 aromatic rings. The van der Waals surface area contributed by atoms with Crippen LogP contribution in [-0.4, -0.2) is 20.2 Å². The topological polar surface area (TPSA) is 89.7 Å². The predicted octanol–water partition coefficient (Wildman–Crippen LogP) is 4.03. The highest BCUT2D eigenvalue weighted by Crippen LogP contribution is 2.35. The van der Waals surface area contributed by atoms with Gasteiger partial charge in [0, 0.05) is 22.3 Å². The maximum absolute atomic E-state index is 13.7. The van der Waals surface area contributed by atoms with Crippen molar-refractivity contribution in [2.75, 3.05) is 5.73 Å². The van der Waals surface area contributed by atoms with E-state index < -0.39 is 11.9 Å². The lowest BCUT2D eigenvalue weighted by atomic mass is 10.1. The smallest absolute Gasteiger partial charge is 0.258 e. The fraction of sp³-hybridized carbons (Fsp3) is 0.133. The fourth-order valence-corrected chi connectivity index (χ4v) is 2.82. The van der Waals surface area contributed by atoms with Gasteiger partial charge >= 0.3 is 0 Å². The van der Waals surface area contributed by atoms with Crippen molar-refractivity contribution in [3.05, 3.63) is 52.1 Å². The fourth-order valence-electron chi connectivity index (χ4n) is 2.14. The van der Waals surface area contributed by atoms with Crippen LogP contribution in [0.4, 0.5) is 10.2 Å². The van der Waals surface area contributed by atoms with Gasteiger partial charge in [0.15, 0.2) is 5.82 Å². The van der Waals surface area contributed by atoms with Gasteiger partial charge in [-0.2, -0.15) is 5.10 Å². The number of hydrogen-bond donors (Lipinski definition) is 2. The summed E-state index contributed by atoms with van der Waals surface area (Å²) in [6, 6.07) is 2.60. The minimum Gasteiger partial charge on any atom is -0.467 e. The minimum absolute atomic E-state index is 0.0950. The third-order valence-corrected chi connectivity index (χ3v) is 4.05. The first-order valence-corrected chi connectivity index (χ1v) is 7.64. The molecular formula is C15H12Cl2FN5O. The van der Waals surface area contributed by atoms with Gasteiger partial charge in [-0.1, -0.05) is 23.2 Å². The van der Waals surface area contributed by atoms with Crippen molar-refractivity contribution in [1.29, 1.82) is 0 Å². The number of nitrogens with zero attached hydrogens (tertiary/aromatic N) is 3. The zero-order chi connectivity index (χ0) is 17.3. The van der Waals surface area contributed by atoms with Crippen LogP contribution in [0.5, 0.6) is 5.88 Å². The zero-order valence-electron chi connectivity index (χ0n) is 12.4. The van der Waals surface area contributed by atoms with Crippen molar-refractivity contribution < 1.29 is 9.13 Å². The van der Waals surface area contributed by atoms with Crippen LogP contribution < -0.4 is 10.5 Å². The van der Waals surface area contributed by atoms with Crippen molar-refractivity contribution >= 4 is 29.0 Å². The number of anilines is 1. The van der Waals surface area contributed by atoms with Crippen LogP contribution in [0, 0.1) is 5.82 Å². The van der Waals surface area contributed by atoms with E-state index in [1.165, 1.54) is 18.3 Å². The molecule has 3 rings (SSSR count). The van der Waals surface area contributed by atoms with Gasteiger partial charge in [-0.25, -0.2) is 14.4 Å². The van der Waals surface area contributed by atoms with E-state index in [1.807, 2.05) is 0 Å². The first-order valence-electron chi connectivity index (χ1n) is 6.89. The Labute approximate surface area is 146 Å². The van der Waals surface area contributed by atoms with Crippen LogP contribution in [0.3, 0.4) is 0 Å². The van der Waals surface area contributed by atoms with E-state index in [0.717, 1.165) is 5.56 Å². The number of rotatable bonds is 4. The molecule has 2 aromatic heterocycles. The molecule has 0 amide bonds. The summed E-state index contributed by atoms with van der Waals surface area (Å²) in [6.45, 7) is 1.66. The maximum Gasteiger partial charge on any atom is 0.258 e. The van der Waals surface area contributed by atoms with E-state index in [9.17, 15) is 4.39 Å². The Bertz CT molecular complexity index is 873. The van der Waals surface area contributed by atoms with E-state index >= 15 is 0 Å². The summed E-state index contributed by atoms with van der Waals surface area (Å²) in [5, 5.41) is 6.71. The number of nitrogens with one attached hydrogen (secondary N) is 1. The number of aromatic nitrogens is 4. The number of H-pyrrole nitrogens is 1. The van der Waals surface area contributed by atoms with Crippen LogP contribution in [0.1, 0.15) is 18.6 Å². The maximum atomic E-state index is 13.7. The molecule has 2 heterocycles. The monoisotopic (exact) mass is 367 g/mol. The highest BCUT2D eigenvalue weighted by molar-refractivity contribution is 6.36. The van der Waals surface area contributed by atoms with Crippen molar-refractivity contribution in [1.82, 2.24) is 20.2 Å². The van der Waals surface area contributed by atoms with Gasteiger partial charge in [-0.05, 0) is 19.1 Å². The van der Waals surface area contributed by atoms with Crippen molar-refractivity contribution in [2.45, 2.75) is 13.0 Å². The average molecular weight is 368 g/mol. The minimum atomic E-state index is -0.683. The van der Waals surface area contributed by atoms with Crippen molar-refractivity contribution in [3.8, 4) is 17.1 Å². The third-order valence-electron chi connectivity index (χ3n) is 3.34. The van der Waals surface area contributed by atoms with Crippen molar-refractivity contribution in [2.24, 2.45) is 0 Å². The molecule has 24 heavy (non-hydrogen) atoms. The molecule has 0 fully saturated rings. The molecule has 6 nitrogen and oxygen atoms in total. The predicted molar refractivity (Wildman–Crippen MR) is 89.5 cm³/mol. The molecule has 0 aliphatic carbocycles. The number of halogens is 3. The first-order chi connectivity index (χ1) is 11.5. The number of aromatic amines is 1. The molecule has 9 heteroatoms.